The van der Waals surface area contributed by atoms with Crippen LogP contribution in [0.25, 0.3) is 11.4 Å². The molecule has 3 aromatic rings. The monoisotopic (exact) mass is 323 g/mol. The third kappa shape index (κ3) is 3.43. The fourth-order valence-corrected chi connectivity index (χ4v) is 2.22. The zero-order chi connectivity index (χ0) is 16.9. The molecule has 0 unspecified atom stereocenters. The fourth-order valence-electron chi connectivity index (χ4n) is 2.22. The van der Waals surface area contributed by atoms with E-state index in [2.05, 4.69) is 15.5 Å². The van der Waals surface area contributed by atoms with Gasteiger partial charge in [-0.15, -0.1) is 0 Å². The number of carbonyl (C=O) groups excluding carboxylic acids is 1. The van der Waals surface area contributed by atoms with E-state index >= 15 is 0 Å². The van der Waals surface area contributed by atoms with Crippen LogP contribution in [0.3, 0.4) is 0 Å². The summed E-state index contributed by atoms with van der Waals surface area (Å²) in [4.78, 5) is 16.7. The van der Waals surface area contributed by atoms with E-state index in [1.165, 1.54) is 0 Å². The number of benzene rings is 2. The van der Waals surface area contributed by atoms with Gasteiger partial charge in [0.05, 0.1) is 7.11 Å². The Balaban J connectivity index is 1.80. The number of carbonyl (C=O) groups is 1. The molecular formula is C18H17N3O3. The minimum Gasteiger partial charge on any atom is -0.497 e. The van der Waals surface area contributed by atoms with Crippen LogP contribution in [0.5, 0.6) is 5.75 Å². The van der Waals surface area contributed by atoms with Crippen LogP contribution >= 0.6 is 0 Å². The van der Waals surface area contributed by atoms with Crippen molar-refractivity contribution in [1.82, 2.24) is 10.1 Å². The molecule has 0 aliphatic carbocycles. The molecule has 0 fully saturated rings. The highest BCUT2D eigenvalue weighted by molar-refractivity contribution is 6.04. The van der Waals surface area contributed by atoms with Crippen molar-refractivity contribution in [2.45, 2.75) is 13.3 Å². The van der Waals surface area contributed by atoms with Crippen LogP contribution in [0.4, 0.5) is 5.69 Å². The van der Waals surface area contributed by atoms with Gasteiger partial charge in [0, 0.05) is 23.2 Å². The summed E-state index contributed by atoms with van der Waals surface area (Å²) in [5, 5.41) is 6.80. The largest absolute Gasteiger partial charge is 0.497 e. The minimum atomic E-state index is -0.214. The summed E-state index contributed by atoms with van der Waals surface area (Å²) in [7, 11) is 1.57. The van der Waals surface area contributed by atoms with E-state index in [0.717, 1.165) is 5.56 Å². The molecule has 24 heavy (non-hydrogen) atoms. The third-order valence-electron chi connectivity index (χ3n) is 3.48. The van der Waals surface area contributed by atoms with E-state index in [1.54, 1.807) is 31.4 Å². The van der Waals surface area contributed by atoms with E-state index in [-0.39, 0.29) is 5.91 Å². The average molecular weight is 323 g/mol. The number of rotatable bonds is 5. The lowest BCUT2D eigenvalue weighted by molar-refractivity contribution is 0.102. The molecule has 1 heterocycles. The van der Waals surface area contributed by atoms with E-state index in [1.807, 2.05) is 31.2 Å². The van der Waals surface area contributed by atoms with Gasteiger partial charge in [-0.2, -0.15) is 4.98 Å². The van der Waals surface area contributed by atoms with Crippen molar-refractivity contribution in [2.24, 2.45) is 0 Å². The van der Waals surface area contributed by atoms with Crippen LogP contribution in [0.15, 0.2) is 53.1 Å². The fraction of sp³-hybridized carbons (Fsp3) is 0.167. The maximum Gasteiger partial charge on any atom is 0.255 e. The number of hydrogen-bond acceptors (Lipinski definition) is 5. The average Bonchev–Trinajstić information content (AvgIpc) is 3.11. The van der Waals surface area contributed by atoms with E-state index in [0.29, 0.717) is 35.1 Å². The predicted octanol–water partition coefficient (Wildman–Crippen LogP) is 3.56. The zero-order valence-corrected chi connectivity index (χ0v) is 13.4. The molecule has 1 aromatic heterocycles. The maximum absolute atomic E-state index is 12.4. The Morgan fingerprint density at radius 3 is 2.79 bits per heavy atom. The number of anilines is 1. The van der Waals surface area contributed by atoms with Crippen LogP contribution in [0.2, 0.25) is 0 Å². The number of amides is 1. The molecule has 1 N–H and O–H groups in total. The van der Waals surface area contributed by atoms with E-state index in [4.69, 9.17) is 9.26 Å². The molecule has 0 saturated carbocycles. The summed E-state index contributed by atoms with van der Waals surface area (Å²) in [6.07, 6.45) is 0.680. The number of methoxy groups -OCH3 is 1. The number of aromatic nitrogens is 2. The lowest BCUT2D eigenvalue weighted by Gasteiger charge is -2.07. The Kier molecular flexibility index (Phi) is 4.56. The lowest BCUT2D eigenvalue weighted by atomic mass is 10.1. The second-order valence-electron chi connectivity index (χ2n) is 5.13. The standard InChI is InChI=1S/C18H17N3O3/c1-3-16-20-17(21-24-16)12-6-4-8-14(10-12)19-18(22)13-7-5-9-15(11-13)23-2/h4-11H,3H2,1-2H3,(H,19,22). The first-order valence-electron chi connectivity index (χ1n) is 7.58. The van der Waals surface area contributed by atoms with Crippen molar-refractivity contribution in [1.29, 1.82) is 0 Å². The third-order valence-corrected chi connectivity index (χ3v) is 3.48. The molecule has 2 aromatic carbocycles. The lowest BCUT2D eigenvalue weighted by Crippen LogP contribution is -2.11. The van der Waals surface area contributed by atoms with Crippen LogP contribution in [0.1, 0.15) is 23.2 Å². The summed E-state index contributed by atoms with van der Waals surface area (Å²) < 4.78 is 10.3. The van der Waals surface area contributed by atoms with Gasteiger partial charge >= 0.3 is 0 Å². The molecule has 0 bridgehead atoms. The van der Waals surface area contributed by atoms with Crippen LogP contribution in [0, 0.1) is 0 Å². The summed E-state index contributed by atoms with van der Waals surface area (Å²) in [6.45, 7) is 1.95. The molecule has 0 saturated heterocycles. The van der Waals surface area contributed by atoms with Crippen LogP contribution < -0.4 is 10.1 Å². The number of aryl methyl sites for hydroxylation is 1. The molecule has 1 amide bonds. The molecule has 6 nitrogen and oxygen atoms in total. The Hall–Kier alpha value is -3.15. The van der Waals surface area contributed by atoms with Gasteiger partial charge in [-0.05, 0) is 30.3 Å². The van der Waals surface area contributed by atoms with Crippen molar-refractivity contribution in [3.63, 3.8) is 0 Å². The van der Waals surface area contributed by atoms with Crippen molar-refractivity contribution in [3.8, 4) is 17.1 Å². The molecule has 3 rings (SSSR count). The quantitative estimate of drug-likeness (QED) is 0.777. The van der Waals surface area contributed by atoms with E-state index in [9.17, 15) is 4.79 Å². The van der Waals surface area contributed by atoms with Gasteiger partial charge < -0.3 is 14.6 Å². The highest BCUT2D eigenvalue weighted by Crippen LogP contribution is 2.21. The number of ether oxygens (including phenoxy) is 1. The van der Waals surface area contributed by atoms with Gasteiger partial charge in [-0.25, -0.2) is 0 Å². The molecular weight excluding hydrogens is 306 g/mol. The highest BCUT2D eigenvalue weighted by Gasteiger charge is 2.10. The Labute approximate surface area is 139 Å². The topological polar surface area (TPSA) is 77.2 Å². The summed E-state index contributed by atoms with van der Waals surface area (Å²) in [5.41, 5.74) is 1.96. The smallest absolute Gasteiger partial charge is 0.255 e. The van der Waals surface area contributed by atoms with Gasteiger partial charge in [-0.3, -0.25) is 4.79 Å². The molecule has 0 aliphatic heterocycles. The Bertz CT molecular complexity index is 858. The second-order valence-corrected chi connectivity index (χ2v) is 5.13. The molecule has 0 aliphatic rings. The normalized spacial score (nSPS) is 10.4. The molecule has 0 spiro atoms. The number of nitrogens with one attached hydrogen (secondary N) is 1. The SMILES string of the molecule is CCc1nc(-c2cccc(NC(=O)c3cccc(OC)c3)c2)no1. The summed E-state index contributed by atoms with van der Waals surface area (Å²) in [5.74, 6) is 1.50. The summed E-state index contributed by atoms with van der Waals surface area (Å²) in [6, 6.07) is 14.3. The van der Waals surface area contributed by atoms with Gasteiger partial charge in [0.1, 0.15) is 5.75 Å². The Morgan fingerprint density at radius 1 is 1.21 bits per heavy atom. The minimum absolute atomic E-state index is 0.214. The molecule has 0 radical (unpaired) electrons. The molecule has 122 valence electrons. The van der Waals surface area contributed by atoms with Gasteiger partial charge in [0.2, 0.25) is 11.7 Å². The maximum atomic E-state index is 12.4. The van der Waals surface area contributed by atoms with Gasteiger partial charge in [-0.1, -0.05) is 30.3 Å². The first kappa shape index (κ1) is 15.7. The first-order valence-corrected chi connectivity index (χ1v) is 7.58. The van der Waals surface area contributed by atoms with Crippen molar-refractivity contribution >= 4 is 11.6 Å². The number of nitrogens with zero attached hydrogens (tertiary/aromatic N) is 2. The molecule has 6 heteroatoms. The van der Waals surface area contributed by atoms with Crippen LogP contribution in [-0.4, -0.2) is 23.2 Å². The van der Waals surface area contributed by atoms with Crippen molar-refractivity contribution < 1.29 is 14.1 Å². The first-order chi connectivity index (χ1) is 11.7. The molecule has 0 atom stereocenters. The predicted molar refractivity (Wildman–Crippen MR) is 90.1 cm³/mol. The van der Waals surface area contributed by atoms with Crippen LogP contribution in [-0.2, 0) is 6.42 Å². The number of hydrogen-bond donors (Lipinski definition) is 1. The summed E-state index contributed by atoms with van der Waals surface area (Å²) >= 11 is 0. The zero-order valence-electron chi connectivity index (χ0n) is 13.4. The van der Waals surface area contributed by atoms with Crippen molar-refractivity contribution in [2.75, 3.05) is 12.4 Å². The Morgan fingerprint density at radius 2 is 2.04 bits per heavy atom. The highest BCUT2D eigenvalue weighted by atomic mass is 16.5. The second kappa shape index (κ2) is 6.95. The van der Waals surface area contributed by atoms with E-state index < -0.39 is 0 Å². The van der Waals surface area contributed by atoms with Crippen molar-refractivity contribution in [3.05, 3.63) is 60.0 Å². The van der Waals surface area contributed by atoms with Gasteiger partial charge in [0.15, 0.2) is 0 Å². The van der Waals surface area contributed by atoms with Gasteiger partial charge in [0.25, 0.3) is 5.91 Å².